The monoisotopic (exact) mass is 359 g/mol. The normalized spacial score (nSPS) is 35.3. The summed E-state index contributed by atoms with van der Waals surface area (Å²) < 4.78 is 6.10. The van der Waals surface area contributed by atoms with Crippen LogP contribution >= 0.6 is 11.6 Å². The van der Waals surface area contributed by atoms with Gasteiger partial charge in [0.2, 0.25) is 5.91 Å². The third-order valence-corrected chi connectivity index (χ3v) is 5.57. The van der Waals surface area contributed by atoms with Gasteiger partial charge in [-0.05, 0) is 31.5 Å². The molecule has 3 aliphatic heterocycles. The molecule has 2 fully saturated rings. The number of ether oxygens (including phenoxy) is 1. The quantitative estimate of drug-likeness (QED) is 0.839. The predicted molar refractivity (Wildman–Crippen MR) is 93.5 cm³/mol. The number of carboxylic acids is 1. The van der Waals surface area contributed by atoms with Crippen molar-refractivity contribution in [3.63, 3.8) is 0 Å². The predicted octanol–water partition coefficient (Wildman–Crippen LogP) is 3.05. The fourth-order valence-corrected chi connectivity index (χ4v) is 4.63. The van der Waals surface area contributed by atoms with Crippen molar-refractivity contribution in [2.24, 2.45) is 11.8 Å². The van der Waals surface area contributed by atoms with Gasteiger partial charge in [-0.2, -0.15) is 0 Å². The number of nitrogens with zero attached hydrogens (tertiary/aromatic N) is 1. The van der Waals surface area contributed by atoms with Crippen molar-refractivity contribution in [3.8, 4) is 0 Å². The molecule has 3 aliphatic rings. The molecule has 1 aromatic rings. The molecule has 2 bridgehead atoms. The number of carbonyl (C=O) groups is 2. The first-order chi connectivity index (χ1) is 11.8. The summed E-state index contributed by atoms with van der Waals surface area (Å²) in [5, 5.41) is 10.2. The summed E-state index contributed by atoms with van der Waals surface area (Å²) in [7, 11) is 0. The minimum absolute atomic E-state index is 0.229. The fourth-order valence-electron chi connectivity index (χ4n) is 4.45. The van der Waals surface area contributed by atoms with Crippen LogP contribution in [-0.2, 0) is 14.3 Å². The Bertz CT molecular complexity index is 819. The molecule has 2 saturated heterocycles. The first kappa shape index (κ1) is 16.4. The van der Waals surface area contributed by atoms with Gasteiger partial charge < -0.3 is 14.7 Å². The Morgan fingerprint density at radius 3 is 2.88 bits per heavy atom. The Morgan fingerprint density at radius 1 is 1.48 bits per heavy atom. The second kappa shape index (κ2) is 5.44. The standard InChI is InChI=1S/C19H18ClNO4/c1-10(2)8-14-19-7-6-13(25-19)15(18(23)24)16(19)17(22)21(14)12-5-3-4-11(20)9-12/h3-7,9,13-16H,1,8H2,2H3,(H,23,24). The van der Waals surface area contributed by atoms with Crippen molar-refractivity contribution in [1.82, 2.24) is 0 Å². The number of halogens is 1. The SMILES string of the molecule is C=C(C)CC1N(c2cccc(Cl)c2)C(=O)C2C(C(=O)O)C3C=CC21O3. The zero-order valence-electron chi connectivity index (χ0n) is 13.7. The van der Waals surface area contributed by atoms with Gasteiger partial charge in [0, 0.05) is 10.7 Å². The van der Waals surface area contributed by atoms with E-state index in [2.05, 4.69) is 6.58 Å². The molecule has 130 valence electrons. The van der Waals surface area contributed by atoms with Crippen LogP contribution < -0.4 is 4.90 Å². The Labute approximate surface area is 150 Å². The maximum atomic E-state index is 13.3. The summed E-state index contributed by atoms with van der Waals surface area (Å²) in [6.45, 7) is 5.87. The highest BCUT2D eigenvalue weighted by molar-refractivity contribution is 6.31. The molecule has 5 atom stereocenters. The molecule has 6 heteroatoms. The lowest BCUT2D eigenvalue weighted by molar-refractivity contribution is -0.146. The number of hydrogen-bond acceptors (Lipinski definition) is 3. The van der Waals surface area contributed by atoms with Gasteiger partial charge in [0.15, 0.2) is 0 Å². The molecule has 1 spiro atoms. The lowest BCUT2D eigenvalue weighted by atomic mass is 9.74. The van der Waals surface area contributed by atoms with Crippen LogP contribution in [-0.4, -0.2) is 34.7 Å². The summed E-state index contributed by atoms with van der Waals surface area (Å²) in [5.74, 6) is -2.83. The van der Waals surface area contributed by atoms with Crippen LogP contribution in [0.2, 0.25) is 5.02 Å². The molecule has 0 saturated carbocycles. The molecule has 1 N–H and O–H groups in total. The molecule has 5 unspecified atom stereocenters. The van der Waals surface area contributed by atoms with E-state index in [0.717, 1.165) is 5.57 Å². The van der Waals surface area contributed by atoms with Crippen LogP contribution in [0.3, 0.4) is 0 Å². The second-order valence-electron chi connectivity index (χ2n) is 7.00. The lowest BCUT2D eigenvalue weighted by Crippen LogP contribution is -2.45. The second-order valence-corrected chi connectivity index (χ2v) is 7.44. The van der Waals surface area contributed by atoms with E-state index in [1.54, 1.807) is 35.2 Å². The van der Waals surface area contributed by atoms with E-state index < -0.39 is 29.5 Å². The van der Waals surface area contributed by atoms with Gasteiger partial charge >= 0.3 is 5.97 Å². The summed E-state index contributed by atoms with van der Waals surface area (Å²) in [5.41, 5.74) is 0.628. The minimum atomic E-state index is -1.00. The average molecular weight is 360 g/mol. The molecule has 25 heavy (non-hydrogen) atoms. The van der Waals surface area contributed by atoms with Crippen molar-refractivity contribution in [1.29, 1.82) is 0 Å². The summed E-state index contributed by atoms with van der Waals surface area (Å²) in [4.78, 5) is 26.7. The van der Waals surface area contributed by atoms with Crippen molar-refractivity contribution < 1.29 is 19.4 Å². The number of carbonyl (C=O) groups excluding carboxylic acids is 1. The van der Waals surface area contributed by atoms with Crippen LogP contribution in [0.5, 0.6) is 0 Å². The highest BCUT2D eigenvalue weighted by Gasteiger charge is 2.71. The summed E-state index contributed by atoms with van der Waals surface area (Å²) in [6.07, 6.45) is 3.62. The fraction of sp³-hybridized carbons (Fsp3) is 0.368. The smallest absolute Gasteiger partial charge is 0.310 e. The van der Waals surface area contributed by atoms with Crippen molar-refractivity contribution in [2.45, 2.75) is 31.1 Å². The lowest BCUT2D eigenvalue weighted by Gasteiger charge is -2.33. The van der Waals surface area contributed by atoms with Crippen LogP contribution in [0.25, 0.3) is 0 Å². The van der Waals surface area contributed by atoms with Gasteiger partial charge in [-0.15, -0.1) is 6.58 Å². The molecule has 5 nitrogen and oxygen atoms in total. The Morgan fingerprint density at radius 2 is 2.24 bits per heavy atom. The highest BCUT2D eigenvalue weighted by Crippen LogP contribution is 2.56. The molecule has 1 aromatic carbocycles. The van der Waals surface area contributed by atoms with Crippen LogP contribution in [0, 0.1) is 11.8 Å². The molecule has 3 heterocycles. The molecule has 4 rings (SSSR count). The van der Waals surface area contributed by atoms with Crippen molar-refractivity contribution in [2.75, 3.05) is 4.90 Å². The number of benzene rings is 1. The first-order valence-electron chi connectivity index (χ1n) is 8.18. The third-order valence-electron chi connectivity index (χ3n) is 5.34. The van der Waals surface area contributed by atoms with Gasteiger partial charge in [0.25, 0.3) is 0 Å². The Hall–Kier alpha value is -2.11. The summed E-state index contributed by atoms with van der Waals surface area (Å²) >= 11 is 6.11. The number of carboxylic acid groups (broad SMARTS) is 1. The van der Waals surface area contributed by atoms with E-state index >= 15 is 0 Å². The number of aliphatic carboxylic acids is 1. The van der Waals surface area contributed by atoms with E-state index in [1.807, 2.05) is 13.0 Å². The largest absolute Gasteiger partial charge is 0.481 e. The Kier molecular flexibility index (Phi) is 3.56. The number of amides is 1. The minimum Gasteiger partial charge on any atom is -0.481 e. The van der Waals surface area contributed by atoms with E-state index in [0.29, 0.717) is 17.1 Å². The molecule has 1 amide bonds. The maximum Gasteiger partial charge on any atom is 0.310 e. The van der Waals surface area contributed by atoms with Gasteiger partial charge in [-0.25, -0.2) is 0 Å². The average Bonchev–Trinajstić information content (AvgIpc) is 3.16. The van der Waals surface area contributed by atoms with Crippen LogP contribution in [0.15, 0.2) is 48.6 Å². The zero-order valence-corrected chi connectivity index (χ0v) is 14.4. The molecule has 0 aromatic heterocycles. The molecule has 0 aliphatic carbocycles. The van der Waals surface area contributed by atoms with E-state index in [4.69, 9.17) is 16.3 Å². The zero-order chi connectivity index (χ0) is 17.9. The van der Waals surface area contributed by atoms with Gasteiger partial charge in [-0.1, -0.05) is 35.4 Å². The van der Waals surface area contributed by atoms with E-state index in [1.165, 1.54) is 0 Å². The van der Waals surface area contributed by atoms with Crippen molar-refractivity contribution >= 4 is 29.2 Å². The third kappa shape index (κ3) is 2.19. The number of anilines is 1. The number of rotatable bonds is 4. The van der Waals surface area contributed by atoms with Gasteiger partial charge in [0.1, 0.15) is 11.5 Å². The molecular weight excluding hydrogens is 342 g/mol. The number of hydrogen-bond donors (Lipinski definition) is 1. The van der Waals surface area contributed by atoms with Crippen molar-refractivity contribution in [3.05, 3.63) is 53.6 Å². The Balaban J connectivity index is 1.85. The number of fused-ring (bicyclic) bond motifs is 1. The first-order valence-corrected chi connectivity index (χ1v) is 8.56. The topological polar surface area (TPSA) is 66.8 Å². The summed E-state index contributed by atoms with van der Waals surface area (Å²) in [6, 6.07) is 6.69. The molecule has 0 radical (unpaired) electrons. The van der Waals surface area contributed by atoms with Gasteiger partial charge in [-0.3, -0.25) is 9.59 Å². The highest BCUT2D eigenvalue weighted by atomic mass is 35.5. The van der Waals surface area contributed by atoms with Crippen LogP contribution in [0.4, 0.5) is 5.69 Å². The van der Waals surface area contributed by atoms with Crippen LogP contribution in [0.1, 0.15) is 13.3 Å². The molecular formula is C19H18ClNO4. The van der Waals surface area contributed by atoms with E-state index in [9.17, 15) is 14.7 Å². The van der Waals surface area contributed by atoms with Gasteiger partial charge in [0.05, 0.1) is 18.1 Å². The maximum absolute atomic E-state index is 13.3. The van der Waals surface area contributed by atoms with E-state index in [-0.39, 0.29) is 11.9 Å².